The average Bonchev–Trinajstić information content (AvgIpc) is 2.96. The minimum Gasteiger partial charge on any atom is -0.497 e. The summed E-state index contributed by atoms with van der Waals surface area (Å²) < 4.78 is 65.0. The van der Waals surface area contributed by atoms with Crippen LogP contribution in [0, 0.1) is 0 Å². The molecule has 2 aromatic rings. The third-order valence-corrected chi connectivity index (χ3v) is 14.3. The second-order valence-corrected chi connectivity index (χ2v) is 18.8. The number of rotatable bonds is 20. The van der Waals surface area contributed by atoms with E-state index in [1.54, 1.807) is 106 Å². The molecular formula is C31H51N4O8P3S. The molecule has 0 N–H and O–H groups in total. The SMILES string of the molecule is COc1ccc(/C=N/N(C)[PH](=S)Oc2ccc(/C=N/N(C)CC(P(=O)(OC(C)C)OC(C)C)P(=O)(OC(C)C)OC(C)C)cc2)cc1. The first kappa shape index (κ1) is 41.1. The van der Waals surface area contributed by atoms with E-state index in [-0.39, 0.29) is 6.54 Å². The van der Waals surface area contributed by atoms with Crippen LogP contribution in [0.1, 0.15) is 66.5 Å². The van der Waals surface area contributed by atoms with Crippen molar-refractivity contribution < 1.29 is 36.5 Å². The summed E-state index contributed by atoms with van der Waals surface area (Å²) >= 11 is 5.57. The van der Waals surface area contributed by atoms with Gasteiger partial charge in [0.1, 0.15) is 11.5 Å². The van der Waals surface area contributed by atoms with Crippen molar-refractivity contribution in [3.05, 3.63) is 59.7 Å². The molecule has 0 heterocycles. The summed E-state index contributed by atoms with van der Waals surface area (Å²) in [6.07, 6.45) is 1.45. The lowest BCUT2D eigenvalue weighted by molar-refractivity contribution is 0.118. The van der Waals surface area contributed by atoms with Crippen LogP contribution in [0.2, 0.25) is 0 Å². The molecule has 0 aromatic heterocycles. The maximum Gasteiger partial charge on any atom is 0.348 e. The predicted molar refractivity (Wildman–Crippen MR) is 195 cm³/mol. The van der Waals surface area contributed by atoms with E-state index in [9.17, 15) is 9.13 Å². The fourth-order valence-corrected chi connectivity index (χ4v) is 11.0. The number of hydrazone groups is 2. The van der Waals surface area contributed by atoms with Crippen LogP contribution in [0.5, 0.6) is 11.5 Å². The lowest BCUT2D eigenvalue weighted by Crippen LogP contribution is -2.31. The highest BCUT2D eigenvalue weighted by atomic mass is 32.4. The van der Waals surface area contributed by atoms with Crippen molar-refractivity contribution in [1.29, 1.82) is 0 Å². The highest BCUT2D eigenvalue weighted by molar-refractivity contribution is 8.02. The third kappa shape index (κ3) is 14.1. The standard InChI is InChI=1S/C31H51N4O8P3S/c1-23(2)40-45(36,41-24(3)4)31(46(37,42-25(5)6)43-26(7)8)22-34(9)32-20-27-14-18-30(19-15-27)39-44(47)35(10)33-21-28-12-16-29(38-11)17-13-28/h12-21,23-26,31,44H,22H2,1-11H3/b32-20+,33-21+. The quantitative estimate of drug-likeness (QED) is 0.0744. The van der Waals surface area contributed by atoms with Gasteiger partial charge < -0.3 is 27.4 Å². The zero-order chi connectivity index (χ0) is 35.4. The van der Waals surface area contributed by atoms with Crippen molar-refractivity contribution in [2.75, 3.05) is 27.7 Å². The Balaban J connectivity index is 2.20. The van der Waals surface area contributed by atoms with Crippen LogP contribution in [0.4, 0.5) is 0 Å². The molecular weight excluding hydrogens is 681 g/mol. The molecule has 1 unspecified atom stereocenters. The fraction of sp³-hybridized carbons (Fsp3) is 0.548. The number of hydrogen-bond donors (Lipinski definition) is 0. The maximum atomic E-state index is 14.4. The van der Waals surface area contributed by atoms with Gasteiger partial charge in [0.2, 0.25) is 7.07 Å². The van der Waals surface area contributed by atoms with Crippen LogP contribution >= 0.6 is 22.3 Å². The Kier molecular flexibility index (Phi) is 16.8. The van der Waals surface area contributed by atoms with Gasteiger partial charge in [0.05, 0.1) is 50.5 Å². The van der Waals surface area contributed by atoms with Crippen LogP contribution in [0.3, 0.4) is 0 Å². The Morgan fingerprint density at radius 2 is 1.09 bits per heavy atom. The highest BCUT2D eigenvalue weighted by Crippen LogP contribution is 2.72. The first-order valence-electron chi connectivity index (χ1n) is 15.4. The first-order valence-corrected chi connectivity index (χ1v) is 21.1. The van der Waals surface area contributed by atoms with Gasteiger partial charge in [0.15, 0.2) is 5.40 Å². The zero-order valence-electron chi connectivity index (χ0n) is 29.2. The van der Waals surface area contributed by atoms with E-state index in [0.29, 0.717) is 5.75 Å². The Bertz CT molecular complexity index is 1360. The normalized spacial score (nSPS) is 13.5. The highest BCUT2D eigenvalue weighted by Gasteiger charge is 2.53. The van der Waals surface area contributed by atoms with Crippen LogP contribution in [0.25, 0.3) is 0 Å². The molecule has 0 amide bonds. The minimum absolute atomic E-state index is 0.0871. The number of nitrogens with zero attached hydrogens (tertiary/aromatic N) is 4. The molecule has 0 radical (unpaired) electrons. The lowest BCUT2D eigenvalue weighted by Gasteiger charge is -2.36. The lowest BCUT2D eigenvalue weighted by atomic mass is 10.2. The maximum absolute atomic E-state index is 14.4. The average molecular weight is 733 g/mol. The Morgan fingerprint density at radius 3 is 1.47 bits per heavy atom. The molecule has 2 aromatic carbocycles. The Hall–Kier alpha value is -2.07. The van der Waals surface area contributed by atoms with Crippen molar-refractivity contribution in [1.82, 2.24) is 9.79 Å². The molecule has 12 nitrogen and oxygen atoms in total. The van der Waals surface area contributed by atoms with Crippen LogP contribution < -0.4 is 9.26 Å². The van der Waals surface area contributed by atoms with Crippen LogP contribution in [0.15, 0.2) is 58.7 Å². The molecule has 0 saturated carbocycles. The molecule has 264 valence electrons. The molecule has 0 aliphatic carbocycles. The van der Waals surface area contributed by atoms with Crippen molar-refractivity contribution in [3.63, 3.8) is 0 Å². The summed E-state index contributed by atoms with van der Waals surface area (Å²) in [5.74, 6) is 1.37. The molecule has 0 bridgehead atoms. The zero-order valence-corrected chi connectivity index (χ0v) is 32.8. The van der Waals surface area contributed by atoms with Crippen molar-refractivity contribution in [3.8, 4) is 11.5 Å². The summed E-state index contributed by atoms with van der Waals surface area (Å²) in [6.45, 7) is 13.8. The first-order chi connectivity index (χ1) is 22.0. The molecule has 2 rings (SSSR count). The van der Waals surface area contributed by atoms with E-state index < -0.39 is 52.1 Å². The van der Waals surface area contributed by atoms with Gasteiger partial charge in [-0.2, -0.15) is 10.2 Å². The minimum atomic E-state index is -4.05. The molecule has 0 aliphatic rings. The number of hydrogen-bond acceptors (Lipinski definition) is 12. The van der Waals surface area contributed by atoms with Gasteiger partial charge in [-0.05, 0) is 127 Å². The third-order valence-electron chi connectivity index (χ3n) is 5.84. The van der Waals surface area contributed by atoms with Crippen LogP contribution in [-0.4, -0.2) is 79.8 Å². The van der Waals surface area contributed by atoms with Crippen molar-refractivity contribution in [2.45, 2.75) is 85.2 Å². The summed E-state index contributed by atoms with van der Waals surface area (Å²) in [4.78, 5) is 0. The van der Waals surface area contributed by atoms with Gasteiger partial charge in [-0.25, -0.2) is 4.78 Å². The number of methoxy groups -OCH3 is 1. The molecule has 0 fully saturated rings. The second kappa shape index (κ2) is 19.2. The molecule has 47 heavy (non-hydrogen) atoms. The summed E-state index contributed by atoms with van der Waals surface area (Å²) in [7, 11) is -4.89. The second-order valence-electron chi connectivity index (χ2n) is 11.7. The van der Waals surface area contributed by atoms with E-state index in [4.69, 9.17) is 39.2 Å². The van der Waals surface area contributed by atoms with Gasteiger partial charge in [-0.1, -0.05) is 0 Å². The smallest absolute Gasteiger partial charge is 0.348 e. The molecule has 0 spiro atoms. The number of ether oxygens (including phenoxy) is 1. The Labute approximate surface area is 286 Å². The predicted octanol–water partition coefficient (Wildman–Crippen LogP) is 8.22. The van der Waals surface area contributed by atoms with E-state index in [0.717, 1.165) is 16.9 Å². The summed E-state index contributed by atoms with van der Waals surface area (Å²) in [5.41, 5.74) is 1.68. The number of benzene rings is 2. The van der Waals surface area contributed by atoms with E-state index in [1.807, 2.05) is 36.4 Å². The van der Waals surface area contributed by atoms with Gasteiger partial charge in [0, 0.05) is 14.1 Å². The van der Waals surface area contributed by atoms with E-state index >= 15 is 0 Å². The van der Waals surface area contributed by atoms with Crippen LogP contribution in [-0.2, 0) is 39.0 Å². The van der Waals surface area contributed by atoms with Gasteiger partial charge in [0.25, 0.3) is 0 Å². The van der Waals surface area contributed by atoms with Crippen molar-refractivity contribution >= 4 is 46.5 Å². The van der Waals surface area contributed by atoms with E-state index in [2.05, 4.69) is 10.2 Å². The fourth-order valence-electron chi connectivity index (χ4n) is 4.01. The van der Waals surface area contributed by atoms with Gasteiger partial charge in [-0.3, -0.25) is 14.1 Å². The molecule has 0 saturated heterocycles. The molecule has 1 atom stereocenters. The largest absolute Gasteiger partial charge is 0.497 e. The van der Waals surface area contributed by atoms with Gasteiger partial charge in [-0.15, -0.1) is 0 Å². The van der Waals surface area contributed by atoms with Gasteiger partial charge >= 0.3 is 15.2 Å². The summed E-state index contributed by atoms with van der Waals surface area (Å²) in [5, 5.41) is 9.19. The van der Waals surface area contributed by atoms with E-state index in [1.165, 1.54) is 5.01 Å². The Morgan fingerprint density at radius 1 is 0.702 bits per heavy atom. The van der Waals surface area contributed by atoms with Crippen molar-refractivity contribution in [2.24, 2.45) is 10.2 Å². The monoisotopic (exact) mass is 732 g/mol. The topological polar surface area (TPSA) is 121 Å². The summed E-state index contributed by atoms with van der Waals surface area (Å²) in [6, 6.07) is 14.8. The molecule has 0 aliphatic heterocycles. The molecule has 16 heteroatoms.